The van der Waals surface area contributed by atoms with Gasteiger partial charge >= 0.3 is 0 Å². The molecular formula is C17H15FN2O2. The molecule has 1 aliphatic heterocycles. The van der Waals surface area contributed by atoms with Crippen LogP contribution in [0.3, 0.4) is 0 Å². The van der Waals surface area contributed by atoms with Crippen LogP contribution in [0.1, 0.15) is 12.0 Å². The van der Waals surface area contributed by atoms with Gasteiger partial charge in [0.2, 0.25) is 5.91 Å². The van der Waals surface area contributed by atoms with E-state index in [2.05, 4.69) is 5.32 Å². The predicted molar refractivity (Wildman–Crippen MR) is 82.1 cm³/mol. The third kappa shape index (κ3) is 2.70. The van der Waals surface area contributed by atoms with E-state index in [0.29, 0.717) is 11.4 Å². The zero-order valence-electron chi connectivity index (χ0n) is 12.0. The molecule has 0 aromatic heterocycles. The Bertz CT molecular complexity index is 728. The van der Waals surface area contributed by atoms with Gasteiger partial charge in [0.1, 0.15) is 11.9 Å². The molecule has 0 unspecified atom stereocenters. The second kappa shape index (κ2) is 5.60. The molecule has 1 atom stereocenters. The lowest BCUT2D eigenvalue weighted by Crippen LogP contribution is -2.34. The number of nitrogens with one attached hydrogen (secondary N) is 1. The van der Waals surface area contributed by atoms with Gasteiger partial charge in [-0.05, 0) is 48.9 Å². The molecule has 0 aliphatic carbocycles. The minimum atomic E-state index is -0.626. The van der Waals surface area contributed by atoms with Crippen LogP contribution in [-0.2, 0) is 9.59 Å². The Morgan fingerprint density at radius 1 is 1.14 bits per heavy atom. The first-order valence-electron chi connectivity index (χ1n) is 7.00. The van der Waals surface area contributed by atoms with Crippen molar-refractivity contribution in [2.24, 2.45) is 0 Å². The molecule has 3 rings (SSSR count). The van der Waals surface area contributed by atoms with Crippen LogP contribution in [0.4, 0.5) is 15.8 Å². The molecule has 2 amide bonds. The first-order chi connectivity index (χ1) is 10.5. The van der Waals surface area contributed by atoms with E-state index in [4.69, 9.17) is 0 Å². The molecule has 4 nitrogen and oxygen atoms in total. The van der Waals surface area contributed by atoms with Gasteiger partial charge in [-0.1, -0.05) is 12.1 Å². The molecule has 1 aliphatic rings. The zero-order valence-corrected chi connectivity index (χ0v) is 12.0. The molecule has 1 saturated heterocycles. The standard InChI is InChI=1S/C17H15FN2O2/c1-11-3-2-4-14(9-11)20-16(21)10-15(17(20)22)19-13-7-5-12(18)6-8-13/h2-9,15,19H,10H2,1H3/t15-/m0/s1. The smallest absolute Gasteiger partial charge is 0.256 e. The fourth-order valence-electron chi connectivity index (χ4n) is 2.53. The van der Waals surface area contributed by atoms with Crippen LogP contribution in [0.2, 0.25) is 0 Å². The van der Waals surface area contributed by atoms with Crippen LogP contribution >= 0.6 is 0 Å². The van der Waals surface area contributed by atoms with Crippen LogP contribution in [0.15, 0.2) is 48.5 Å². The summed E-state index contributed by atoms with van der Waals surface area (Å²) in [5, 5.41) is 2.98. The summed E-state index contributed by atoms with van der Waals surface area (Å²) in [5.41, 5.74) is 2.17. The van der Waals surface area contributed by atoms with Crippen molar-refractivity contribution in [3.8, 4) is 0 Å². The number of halogens is 1. The van der Waals surface area contributed by atoms with Gasteiger partial charge in [0, 0.05) is 5.69 Å². The Labute approximate surface area is 127 Å². The SMILES string of the molecule is Cc1cccc(N2C(=O)C[C@H](Nc3ccc(F)cc3)C2=O)c1. The highest BCUT2D eigenvalue weighted by Crippen LogP contribution is 2.25. The highest BCUT2D eigenvalue weighted by atomic mass is 19.1. The fourth-order valence-corrected chi connectivity index (χ4v) is 2.53. The number of amides is 2. The normalized spacial score (nSPS) is 17.9. The van der Waals surface area contributed by atoms with Crippen molar-refractivity contribution in [2.45, 2.75) is 19.4 Å². The molecular weight excluding hydrogens is 283 g/mol. The monoisotopic (exact) mass is 298 g/mol. The lowest BCUT2D eigenvalue weighted by molar-refractivity contribution is -0.121. The maximum atomic E-state index is 12.9. The lowest BCUT2D eigenvalue weighted by atomic mass is 10.2. The largest absolute Gasteiger partial charge is 0.373 e. The molecule has 22 heavy (non-hydrogen) atoms. The summed E-state index contributed by atoms with van der Waals surface area (Å²) in [4.78, 5) is 25.8. The van der Waals surface area contributed by atoms with Crippen molar-refractivity contribution in [3.63, 3.8) is 0 Å². The third-order valence-electron chi connectivity index (χ3n) is 3.59. The number of hydrogen-bond acceptors (Lipinski definition) is 3. The van der Waals surface area contributed by atoms with Crippen molar-refractivity contribution in [3.05, 3.63) is 59.9 Å². The Morgan fingerprint density at radius 3 is 2.55 bits per heavy atom. The van der Waals surface area contributed by atoms with E-state index in [1.54, 1.807) is 24.3 Å². The van der Waals surface area contributed by atoms with Crippen molar-refractivity contribution in [1.29, 1.82) is 0 Å². The Kier molecular flexibility index (Phi) is 3.63. The summed E-state index contributed by atoms with van der Waals surface area (Å²) in [5.74, 6) is -0.879. The maximum Gasteiger partial charge on any atom is 0.256 e. The summed E-state index contributed by atoms with van der Waals surface area (Å²) in [7, 11) is 0. The number of anilines is 2. The number of aryl methyl sites for hydroxylation is 1. The maximum absolute atomic E-state index is 12.9. The van der Waals surface area contributed by atoms with E-state index < -0.39 is 6.04 Å². The van der Waals surface area contributed by atoms with Crippen molar-refractivity contribution in [2.75, 3.05) is 10.2 Å². The number of benzene rings is 2. The van der Waals surface area contributed by atoms with E-state index in [9.17, 15) is 14.0 Å². The molecule has 1 heterocycles. The van der Waals surface area contributed by atoms with Gasteiger partial charge in [0.25, 0.3) is 5.91 Å². The summed E-state index contributed by atoms with van der Waals surface area (Å²) >= 11 is 0. The van der Waals surface area contributed by atoms with Gasteiger partial charge in [-0.15, -0.1) is 0 Å². The van der Waals surface area contributed by atoms with Gasteiger partial charge in [-0.3, -0.25) is 9.59 Å². The second-order valence-corrected chi connectivity index (χ2v) is 5.31. The highest BCUT2D eigenvalue weighted by molar-refractivity contribution is 6.23. The number of carbonyl (C=O) groups is 2. The third-order valence-corrected chi connectivity index (χ3v) is 3.59. The average Bonchev–Trinajstić information content (AvgIpc) is 2.76. The molecule has 5 heteroatoms. The van der Waals surface area contributed by atoms with E-state index >= 15 is 0 Å². The first kappa shape index (κ1) is 14.3. The molecule has 0 bridgehead atoms. The van der Waals surface area contributed by atoms with Crippen LogP contribution in [0.5, 0.6) is 0 Å². The summed E-state index contributed by atoms with van der Waals surface area (Å²) in [6, 6.07) is 12.3. The minimum Gasteiger partial charge on any atom is -0.373 e. The van der Waals surface area contributed by atoms with Gasteiger partial charge in [0.15, 0.2) is 0 Å². The summed E-state index contributed by atoms with van der Waals surface area (Å²) in [6.07, 6.45) is 0.0875. The quantitative estimate of drug-likeness (QED) is 0.886. The number of imide groups is 1. The first-order valence-corrected chi connectivity index (χ1v) is 7.00. The van der Waals surface area contributed by atoms with Gasteiger partial charge in [-0.2, -0.15) is 0 Å². The Morgan fingerprint density at radius 2 is 1.86 bits per heavy atom. The lowest BCUT2D eigenvalue weighted by Gasteiger charge is -2.16. The van der Waals surface area contributed by atoms with Crippen molar-refractivity contribution >= 4 is 23.2 Å². The van der Waals surface area contributed by atoms with Gasteiger partial charge in [-0.25, -0.2) is 9.29 Å². The molecule has 0 radical (unpaired) electrons. The Balaban J connectivity index is 1.81. The molecule has 2 aromatic rings. The number of nitrogens with zero attached hydrogens (tertiary/aromatic N) is 1. The number of hydrogen-bond donors (Lipinski definition) is 1. The zero-order chi connectivity index (χ0) is 15.7. The molecule has 112 valence electrons. The molecule has 1 fully saturated rings. The molecule has 1 N–H and O–H groups in total. The minimum absolute atomic E-state index is 0.0875. The fraction of sp³-hybridized carbons (Fsp3) is 0.176. The molecule has 2 aromatic carbocycles. The average molecular weight is 298 g/mol. The summed E-state index contributed by atoms with van der Waals surface area (Å²) in [6.45, 7) is 1.91. The topological polar surface area (TPSA) is 49.4 Å². The van der Waals surface area contributed by atoms with Crippen molar-refractivity contribution < 1.29 is 14.0 Å². The van der Waals surface area contributed by atoms with Crippen LogP contribution in [-0.4, -0.2) is 17.9 Å². The van der Waals surface area contributed by atoms with Crippen LogP contribution in [0, 0.1) is 12.7 Å². The highest BCUT2D eigenvalue weighted by Gasteiger charge is 2.39. The van der Waals surface area contributed by atoms with Gasteiger partial charge in [0.05, 0.1) is 12.1 Å². The van der Waals surface area contributed by atoms with Crippen molar-refractivity contribution in [1.82, 2.24) is 0 Å². The van der Waals surface area contributed by atoms with Gasteiger partial charge < -0.3 is 5.32 Å². The molecule has 0 spiro atoms. The second-order valence-electron chi connectivity index (χ2n) is 5.31. The van der Waals surface area contributed by atoms with Crippen LogP contribution in [0.25, 0.3) is 0 Å². The van der Waals surface area contributed by atoms with E-state index in [1.165, 1.54) is 17.0 Å². The van der Waals surface area contributed by atoms with E-state index in [-0.39, 0.29) is 24.1 Å². The summed E-state index contributed by atoms with van der Waals surface area (Å²) < 4.78 is 12.9. The number of rotatable bonds is 3. The molecule has 0 saturated carbocycles. The predicted octanol–water partition coefficient (Wildman–Crippen LogP) is 2.88. The Hall–Kier alpha value is -2.69. The van der Waals surface area contributed by atoms with E-state index in [1.807, 2.05) is 19.1 Å². The van der Waals surface area contributed by atoms with Crippen LogP contribution < -0.4 is 10.2 Å². The number of carbonyl (C=O) groups excluding carboxylic acids is 2. The van der Waals surface area contributed by atoms with E-state index in [0.717, 1.165) is 5.56 Å².